The Kier molecular flexibility index (Phi) is 5.28. The van der Waals surface area contributed by atoms with E-state index in [1.165, 1.54) is 12.5 Å². The lowest BCUT2D eigenvalue weighted by atomic mass is 9.45. The molecular weight excluding hydrogens is 364 g/mol. The number of fused-ring (bicyclic) bond motifs is 5. The molecule has 0 amide bonds. The maximum Gasteiger partial charge on any atom is 0.302 e. The third-order valence-electron chi connectivity index (χ3n) is 9.02. The Morgan fingerprint density at radius 3 is 2.48 bits per heavy atom. The molecule has 4 rings (SSSR count). The number of Topliss-reactive ketones (excluding diaryl/α,β-unsaturated/α-hetero) is 2. The second-order valence-corrected chi connectivity index (χ2v) is 10.5. The maximum absolute atomic E-state index is 13.3. The number of allylic oxidation sites excluding steroid dienone is 1. The average Bonchev–Trinajstić information content (AvgIpc) is 2.96. The van der Waals surface area contributed by atoms with Crippen molar-refractivity contribution in [3.8, 4) is 0 Å². The fourth-order valence-corrected chi connectivity index (χ4v) is 7.48. The molecule has 0 spiro atoms. The van der Waals surface area contributed by atoms with Gasteiger partial charge in [-0.1, -0.05) is 32.4 Å². The Labute approximate surface area is 174 Å². The van der Waals surface area contributed by atoms with Crippen LogP contribution in [0.15, 0.2) is 11.6 Å². The molecular formula is C25H36O4. The number of rotatable bonds is 4. The van der Waals surface area contributed by atoms with Crippen LogP contribution in [0.1, 0.15) is 85.5 Å². The highest BCUT2D eigenvalue weighted by atomic mass is 16.5. The molecule has 7 atom stereocenters. The summed E-state index contributed by atoms with van der Waals surface area (Å²) < 4.78 is 5.55. The van der Waals surface area contributed by atoms with Crippen LogP contribution in [0.2, 0.25) is 0 Å². The minimum absolute atomic E-state index is 0.0628. The fourth-order valence-electron chi connectivity index (χ4n) is 7.48. The molecule has 0 aliphatic heterocycles. The van der Waals surface area contributed by atoms with E-state index in [1.54, 1.807) is 0 Å². The highest BCUT2D eigenvalue weighted by Gasteiger charge is 2.61. The van der Waals surface area contributed by atoms with Crippen molar-refractivity contribution in [3.05, 3.63) is 11.6 Å². The van der Waals surface area contributed by atoms with Crippen LogP contribution < -0.4 is 0 Å². The maximum atomic E-state index is 13.3. The lowest BCUT2D eigenvalue weighted by Crippen LogP contribution is -2.54. The monoisotopic (exact) mass is 400 g/mol. The Hall–Kier alpha value is -1.45. The quantitative estimate of drug-likeness (QED) is 0.490. The summed E-state index contributed by atoms with van der Waals surface area (Å²) in [5.74, 6) is 1.55. The van der Waals surface area contributed by atoms with Gasteiger partial charge in [0.25, 0.3) is 0 Å². The first kappa shape index (κ1) is 20.8. The largest absolute Gasteiger partial charge is 0.462 e. The molecule has 0 saturated heterocycles. The highest BCUT2D eigenvalue weighted by molar-refractivity contribution is 5.88. The number of carbonyl (C=O) groups is 3. The standard InChI is InChI=1S/C25H36O4/c1-5-6-21(27)18-14-16-13-17(29-15(2)26)9-11-24(16,3)20-10-12-25(4)19(23(18)20)7-8-22(25)28/h14,17-20,23H,5-13H2,1-4H3/t17-,18?,19-,20-,23-,24-,25-/m0/s1. The molecule has 0 aromatic carbocycles. The van der Waals surface area contributed by atoms with Gasteiger partial charge in [0.2, 0.25) is 0 Å². The van der Waals surface area contributed by atoms with Crippen LogP contribution in [0.3, 0.4) is 0 Å². The molecule has 0 radical (unpaired) electrons. The van der Waals surface area contributed by atoms with Gasteiger partial charge in [-0.05, 0) is 61.7 Å². The lowest BCUT2D eigenvalue weighted by Gasteiger charge is -2.58. The first-order valence-electron chi connectivity index (χ1n) is 11.6. The van der Waals surface area contributed by atoms with Gasteiger partial charge in [-0.2, -0.15) is 0 Å². The van der Waals surface area contributed by atoms with Crippen molar-refractivity contribution in [2.45, 2.75) is 91.6 Å². The fraction of sp³-hybridized carbons (Fsp3) is 0.800. The van der Waals surface area contributed by atoms with Crippen LogP contribution in [0.4, 0.5) is 0 Å². The second kappa shape index (κ2) is 7.35. The Morgan fingerprint density at radius 2 is 1.79 bits per heavy atom. The topological polar surface area (TPSA) is 60.4 Å². The molecule has 4 heteroatoms. The number of ether oxygens (including phenoxy) is 1. The first-order chi connectivity index (χ1) is 13.7. The molecule has 1 unspecified atom stereocenters. The number of carbonyl (C=O) groups excluding carboxylic acids is 3. The predicted octanol–water partition coefficient (Wildman–Crippen LogP) is 5.05. The van der Waals surface area contributed by atoms with Crippen LogP contribution in [-0.4, -0.2) is 23.6 Å². The summed E-state index contributed by atoms with van der Waals surface area (Å²) in [7, 11) is 0. The van der Waals surface area contributed by atoms with Gasteiger partial charge in [0.1, 0.15) is 17.7 Å². The van der Waals surface area contributed by atoms with Gasteiger partial charge in [-0.3, -0.25) is 14.4 Å². The van der Waals surface area contributed by atoms with Gasteiger partial charge in [-0.15, -0.1) is 0 Å². The molecule has 0 N–H and O–H groups in total. The zero-order chi connectivity index (χ0) is 21.0. The van der Waals surface area contributed by atoms with E-state index in [2.05, 4.69) is 26.8 Å². The van der Waals surface area contributed by atoms with Crippen molar-refractivity contribution >= 4 is 17.5 Å². The summed E-state index contributed by atoms with van der Waals surface area (Å²) in [5, 5.41) is 0. The molecule has 4 aliphatic carbocycles. The third kappa shape index (κ3) is 3.21. The molecule has 4 nitrogen and oxygen atoms in total. The Bertz CT molecular complexity index is 752. The number of hydrogen-bond acceptors (Lipinski definition) is 4. The minimum Gasteiger partial charge on any atom is -0.462 e. The third-order valence-corrected chi connectivity index (χ3v) is 9.02. The molecule has 3 saturated carbocycles. The summed E-state index contributed by atoms with van der Waals surface area (Å²) in [5.41, 5.74) is 1.17. The van der Waals surface area contributed by atoms with Gasteiger partial charge >= 0.3 is 5.97 Å². The van der Waals surface area contributed by atoms with Crippen molar-refractivity contribution in [1.82, 2.24) is 0 Å². The van der Waals surface area contributed by atoms with Crippen LogP contribution >= 0.6 is 0 Å². The molecule has 4 aliphatic rings. The number of hydrogen-bond donors (Lipinski definition) is 0. The Balaban J connectivity index is 1.73. The summed E-state index contributed by atoms with van der Waals surface area (Å²) in [4.78, 5) is 37.5. The average molecular weight is 401 g/mol. The molecule has 29 heavy (non-hydrogen) atoms. The van der Waals surface area contributed by atoms with E-state index in [4.69, 9.17) is 4.74 Å². The molecule has 3 fully saturated rings. The normalized spacial score (nSPS) is 43.7. The van der Waals surface area contributed by atoms with Crippen molar-refractivity contribution in [2.24, 2.45) is 34.5 Å². The summed E-state index contributed by atoms with van der Waals surface area (Å²) in [6.07, 6.45) is 9.96. The van der Waals surface area contributed by atoms with Crippen LogP contribution in [0, 0.1) is 34.5 Å². The van der Waals surface area contributed by atoms with Crippen molar-refractivity contribution in [2.75, 3.05) is 0 Å². The van der Waals surface area contributed by atoms with Crippen molar-refractivity contribution in [1.29, 1.82) is 0 Å². The van der Waals surface area contributed by atoms with Crippen LogP contribution in [0.25, 0.3) is 0 Å². The molecule has 0 heterocycles. The van der Waals surface area contributed by atoms with E-state index >= 15 is 0 Å². The molecule has 0 aromatic heterocycles. The smallest absolute Gasteiger partial charge is 0.302 e. The number of ketones is 2. The summed E-state index contributed by atoms with van der Waals surface area (Å²) in [6.45, 7) is 8.09. The van der Waals surface area contributed by atoms with E-state index in [-0.39, 0.29) is 28.8 Å². The number of esters is 1. The molecule has 0 aromatic rings. The Morgan fingerprint density at radius 1 is 1.10 bits per heavy atom. The van der Waals surface area contributed by atoms with E-state index in [0.29, 0.717) is 42.2 Å². The van der Waals surface area contributed by atoms with Crippen LogP contribution in [0.5, 0.6) is 0 Å². The highest BCUT2D eigenvalue weighted by Crippen LogP contribution is 2.65. The SMILES string of the molecule is CCCC(=O)C1C=C2C[C@@H](OC(C)=O)CC[C@]2(C)[C@H]2CC[C@]3(C)C(=O)CC[C@H]3[C@H]12. The van der Waals surface area contributed by atoms with Gasteiger partial charge in [-0.25, -0.2) is 0 Å². The van der Waals surface area contributed by atoms with Crippen molar-refractivity contribution < 1.29 is 19.1 Å². The van der Waals surface area contributed by atoms with Gasteiger partial charge in [0, 0.05) is 37.5 Å². The minimum atomic E-state index is -0.234. The zero-order valence-electron chi connectivity index (χ0n) is 18.5. The molecule has 0 bridgehead atoms. The summed E-state index contributed by atoms with van der Waals surface area (Å²) >= 11 is 0. The lowest BCUT2D eigenvalue weighted by molar-refractivity contribution is -0.150. The second-order valence-electron chi connectivity index (χ2n) is 10.5. The zero-order valence-corrected chi connectivity index (χ0v) is 18.5. The first-order valence-corrected chi connectivity index (χ1v) is 11.6. The van der Waals surface area contributed by atoms with E-state index in [9.17, 15) is 14.4 Å². The van der Waals surface area contributed by atoms with Gasteiger partial charge in [0.15, 0.2) is 0 Å². The van der Waals surface area contributed by atoms with E-state index in [0.717, 1.165) is 44.9 Å². The van der Waals surface area contributed by atoms with Gasteiger partial charge < -0.3 is 4.74 Å². The molecule has 160 valence electrons. The predicted molar refractivity (Wildman–Crippen MR) is 111 cm³/mol. The van der Waals surface area contributed by atoms with Crippen molar-refractivity contribution in [3.63, 3.8) is 0 Å². The van der Waals surface area contributed by atoms with E-state index in [1.807, 2.05) is 0 Å². The van der Waals surface area contributed by atoms with Gasteiger partial charge in [0.05, 0.1) is 0 Å². The summed E-state index contributed by atoms with van der Waals surface area (Å²) in [6, 6.07) is 0. The van der Waals surface area contributed by atoms with E-state index < -0.39 is 0 Å². The van der Waals surface area contributed by atoms with Crippen LogP contribution in [-0.2, 0) is 19.1 Å².